The van der Waals surface area contributed by atoms with Gasteiger partial charge in [-0.3, -0.25) is 9.59 Å². The first kappa shape index (κ1) is 28.7. The van der Waals surface area contributed by atoms with E-state index in [1.165, 1.54) is 6.08 Å². The number of aliphatic hydroxyl groups is 4. The molecule has 1 heterocycles. The Kier molecular flexibility index (Phi) is 7.12. The van der Waals surface area contributed by atoms with Gasteiger partial charge in [0.05, 0.1) is 24.2 Å². The van der Waals surface area contributed by atoms with Gasteiger partial charge in [-0.2, -0.15) is 0 Å². The third-order valence-corrected chi connectivity index (χ3v) is 10.5. The molecule has 216 valence electrons. The Morgan fingerprint density at radius 1 is 1.02 bits per heavy atom. The normalized spacial score (nSPS) is 48.0. The number of allylic oxidation sites excluding steroid dienone is 3. The topological polar surface area (TPSA) is 141 Å². The van der Waals surface area contributed by atoms with E-state index in [0.29, 0.717) is 18.3 Å². The van der Waals surface area contributed by atoms with Crippen LogP contribution in [-0.2, 0) is 19.1 Å². The summed E-state index contributed by atoms with van der Waals surface area (Å²) < 4.78 is 5.81. The molecule has 2 bridgehead atoms. The molecule has 8 nitrogen and oxygen atoms in total. The Morgan fingerprint density at radius 3 is 2.40 bits per heavy atom. The van der Waals surface area contributed by atoms with E-state index in [1.807, 2.05) is 39.0 Å². The number of Topliss-reactive ketones (excluding diaryl/α,β-unsaturated/α-hetero) is 1. The molecule has 0 unspecified atom stereocenters. The van der Waals surface area contributed by atoms with Crippen molar-refractivity contribution in [1.29, 1.82) is 0 Å². The molecule has 5 aliphatic rings. The van der Waals surface area contributed by atoms with Crippen molar-refractivity contribution in [3.63, 3.8) is 0 Å². The number of aliphatic hydroxyl groups excluding tert-OH is 4. The van der Waals surface area contributed by atoms with Crippen LogP contribution in [0.1, 0.15) is 53.9 Å². The zero-order valence-electron chi connectivity index (χ0n) is 23.7. The molecule has 2 fully saturated rings. The SMILES string of the molecule is C/C1=C\[C@H]2[C@@H](O)C=C(C=O)C[C@]23OC(=O)C(=C(O)[C@@]2(C)[C@H]4[C@H](C=C[C@H]2/C(C)=C/C[C@@H]1O)[C@@H](O)[C@@H](C)C[C@@H]4C)C3=O. The molecule has 4 aliphatic carbocycles. The second kappa shape index (κ2) is 9.93. The monoisotopic (exact) mass is 552 g/mol. The van der Waals surface area contributed by atoms with Crippen molar-refractivity contribution in [1.82, 2.24) is 0 Å². The van der Waals surface area contributed by atoms with E-state index < -0.39 is 58.5 Å². The summed E-state index contributed by atoms with van der Waals surface area (Å²) in [5.41, 5.74) is -2.12. The van der Waals surface area contributed by atoms with Gasteiger partial charge in [0.2, 0.25) is 5.78 Å². The molecule has 4 N–H and O–H groups in total. The van der Waals surface area contributed by atoms with Gasteiger partial charge >= 0.3 is 5.97 Å². The standard InChI is InChI=1S/C32H40O8/c1-15-6-9-23(34)16(2)11-22-24(35)12-19(14-33)13-32(22)29(38)25(30(39)40-32)28(37)31(5)21(15)8-7-20-26(31)17(3)10-18(4)27(20)36/h6-8,11-12,14,17-18,20-24,26-27,34-37H,9-10,13H2,1-5H3/b15-6+,16-11+,28-25?/t17-,18-,20-,21-,22-,23-,24-,26+,27-,31+,32-/m0/s1. The average Bonchev–Trinajstić information content (AvgIpc) is 3.14. The number of hydrogen-bond acceptors (Lipinski definition) is 8. The molecule has 0 aromatic rings. The highest BCUT2D eigenvalue weighted by Gasteiger charge is 2.64. The molecular weight excluding hydrogens is 512 g/mol. The van der Waals surface area contributed by atoms with E-state index in [-0.39, 0.29) is 47.8 Å². The number of esters is 1. The Hall–Kier alpha value is -2.81. The van der Waals surface area contributed by atoms with Crippen molar-refractivity contribution in [3.8, 4) is 0 Å². The summed E-state index contributed by atoms with van der Waals surface area (Å²) in [5.74, 6) is -4.22. The smallest absolute Gasteiger partial charge is 0.346 e. The quantitative estimate of drug-likeness (QED) is 0.168. The summed E-state index contributed by atoms with van der Waals surface area (Å²) in [5, 5.41) is 45.4. The van der Waals surface area contributed by atoms with Gasteiger partial charge in [-0.05, 0) is 61.7 Å². The highest BCUT2D eigenvalue weighted by molar-refractivity contribution is 6.26. The lowest BCUT2D eigenvalue weighted by atomic mass is 9.49. The van der Waals surface area contributed by atoms with Crippen LogP contribution in [0.4, 0.5) is 0 Å². The fourth-order valence-corrected chi connectivity index (χ4v) is 8.42. The molecule has 0 aromatic heterocycles. The number of ether oxygens (including phenoxy) is 1. The van der Waals surface area contributed by atoms with Crippen LogP contribution in [0.25, 0.3) is 0 Å². The first-order valence-corrected chi connectivity index (χ1v) is 14.2. The molecule has 1 saturated heterocycles. The maximum atomic E-state index is 14.3. The van der Waals surface area contributed by atoms with Crippen molar-refractivity contribution in [2.45, 2.75) is 77.8 Å². The minimum absolute atomic E-state index is 0.0332. The first-order chi connectivity index (χ1) is 18.8. The Morgan fingerprint density at radius 2 is 1.73 bits per heavy atom. The van der Waals surface area contributed by atoms with Crippen molar-refractivity contribution >= 4 is 18.0 Å². The lowest BCUT2D eigenvalue weighted by Crippen LogP contribution is -2.54. The predicted molar refractivity (Wildman–Crippen MR) is 147 cm³/mol. The van der Waals surface area contributed by atoms with E-state index in [9.17, 15) is 34.8 Å². The van der Waals surface area contributed by atoms with Crippen molar-refractivity contribution in [2.24, 2.45) is 40.9 Å². The minimum atomic E-state index is -1.94. The number of aldehydes is 1. The molecule has 1 aliphatic heterocycles. The number of carbonyl (C=O) groups excluding carboxylic acids is 3. The summed E-state index contributed by atoms with van der Waals surface area (Å²) in [6.07, 6.45) is 7.02. The van der Waals surface area contributed by atoms with Crippen LogP contribution >= 0.6 is 0 Å². The van der Waals surface area contributed by atoms with Gasteiger partial charge in [0.25, 0.3) is 0 Å². The number of rotatable bonds is 1. The van der Waals surface area contributed by atoms with Gasteiger partial charge in [0.15, 0.2) is 5.60 Å². The molecule has 11 atom stereocenters. The first-order valence-electron chi connectivity index (χ1n) is 14.2. The van der Waals surface area contributed by atoms with Crippen LogP contribution in [0, 0.1) is 40.9 Å². The van der Waals surface area contributed by atoms with Crippen LogP contribution in [0.5, 0.6) is 0 Å². The third-order valence-electron chi connectivity index (χ3n) is 10.5. The largest absolute Gasteiger partial charge is 0.511 e. The molecular formula is C32H40O8. The Balaban J connectivity index is 1.79. The lowest BCUT2D eigenvalue weighted by molar-refractivity contribution is -0.159. The van der Waals surface area contributed by atoms with Gasteiger partial charge in [0, 0.05) is 23.7 Å². The third kappa shape index (κ3) is 4.02. The van der Waals surface area contributed by atoms with Gasteiger partial charge in [-0.1, -0.05) is 50.6 Å². The van der Waals surface area contributed by atoms with Crippen LogP contribution in [0.15, 0.2) is 58.4 Å². The maximum absolute atomic E-state index is 14.3. The Labute approximate surface area is 234 Å². The summed E-state index contributed by atoms with van der Waals surface area (Å²) in [6.45, 7) is 9.50. The lowest BCUT2D eigenvalue weighted by Gasteiger charge is -2.55. The molecule has 1 saturated carbocycles. The average molecular weight is 553 g/mol. The summed E-state index contributed by atoms with van der Waals surface area (Å²) in [6, 6.07) is 0. The highest BCUT2D eigenvalue weighted by Crippen LogP contribution is 2.60. The predicted octanol–water partition coefficient (Wildman–Crippen LogP) is 3.29. The number of carbonyl (C=O) groups is 3. The van der Waals surface area contributed by atoms with Gasteiger partial charge in [-0.15, -0.1) is 0 Å². The van der Waals surface area contributed by atoms with E-state index in [0.717, 1.165) is 5.57 Å². The summed E-state index contributed by atoms with van der Waals surface area (Å²) in [4.78, 5) is 39.7. The number of ketones is 1. The summed E-state index contributed by atoms with van der Waals surface area (Å²) in [7, 11) is 0. The maximum Gasteiger partial charge on any atom is 0.346 e. The van der Waals surface area contributed by atoms with Crippen LogP contribution < -0.4 is 0 Å². The van der Waals surface area contributed by atoms with Gasteiger partial charge in [-0.25, -0.2) is 4.79 Å². The highest BCUT2D eigenvalue weighted by atomic mass is 16.6. The van der Waals surface area contributed by atoms with Crippen LogP contribution in [-0.4, -0.2) is 62.4 Å². The zero-order chi connectivity index (χ0) is 29.3. The fourth-order valence-electron chi connectivity index (χ4n) is 8.42. The molecule has 0 aromatic carbocycles. The second-order valence-corrected chi connectivity index (χ2v) is 12.9. The number of hydrogen-bond donors (Lipinski definition) is 4. The van der Waals surface area contributed by atoms with E-state index >= 15 is 0 Å². The second-order valence-electron chi connectivity index (χ2n) is 12.9. The fraction of sp³-hybridized carbons (Fsp3) is 0.594. The molecule has 40 heavy (non-hydrogen) atoms. The summed E-state index contributed by atoms with van der Waals surface area (Å²) >= 11 is 0. The van der Waals surface area contributed by atoms with Gasteiger partial charge < -0.3 is 25.2 Å². The van der Waals surface area contributed by atoms with Gasteiger partial charge in [0.1, 0.15) is 17.6 Å². The van der Waals surface area contributed by atoms with E-state index in [4.69, 9.17) is 4.74 Å². The minimum Gasteiger partial charge on any atom is -0.511 e. The van der Waals surface area contributed by atoms with E-state index in [2.05, 4.69) is 6.92 Å². The molecule has 5 rings (SSSR count). The van der Waals surface area contributed by atoms with Crippen molar-refractivity contribution < 1.29 is 39.5 Å². The number of fused-ring (bicyclic) bond motifs is 4. The van der Waals surface area contributed by atoms with E-state index in [1.54, 1.807) is 13.0 Å². The molecule has 0 radical (unpaired) electrons. The molecule has 8 heteroatoms. The van der Waals surface area contributed by atoms with Crippen molar-refractivity contribution in [2.75, 3.05) is 0 Å². The zero-order valence-corrected chi connectivity index (χ0v) is 23.7. The van der Waals surface area contributed by atoms with Crippen molar-refractivity contribution in [3.05, 3.63) is 58.4 Å². The molecule has 1 spiro atoms. The molecule has 0 amide bonds. The van der Waals surface area contributed by atoms with Crippen LogP contribution in [0.2, 0.25) is 0 Å². The van der Waals surface area contributed by atoms with Crippen LogP contribution in [0.3, 0.4) is 0 Å². The Bertz CT molecular complexity index is 1290.